The smallest absolute Gasteiger partial charge is 0.192 e. The van der Waals surface area contributed by atoms with E-state index in [1.165, 1.54) is 11.8 Å². The molecule has 0 amide bonds. The first-order valence-corrected chi connectivity index (χ1v) is 11.4. The van der Waals surface area contributed by atoms with E-state index in [2.05, 4.69) is 21.8 Å². The summed E-state index contributed by atoms with van der Waals surface area (Å²) >= 11 is 13.3. The Balaban J connectivity index is 1.48. The lowest BCUT2D eigenvalue weighted by molar-refractivity contribution is 0.102. The molecule has 4 rings (SSSR count). The minimum Gasteiger partial charge on any atom is -0.483 e. The number of nitrogens with zero attached hydrogens (tertiary/aromatic N) is 4. The lowest BCUT2D eigenvalue weighted by Crippen LogP contribution is -2.09. The number of carbonyl (C=O) groups is 1. The van der Waals surface area contributed by atoms with E-state index in [0.29, 0.717) is 38.9 Å². The van der Waals surface area contributed by atoms with Gasteiger partial charge >= 0.3 is 0 Å². The minimum atomic E-state index is -0.121. The second-order valence-corrected chi connectivity index (χ2v) is 8.54. The SMILES string of the molecule is C=CCn1c(COc2cccc3cccnc23)nnc1SCC(=O)c1ccc(Cl)cc1Cl. The van der Waals surface area contributed by atoms with E-state index < -0.39 is 0 Å². The van der Waals surface area contributed by atoms with E-state index in [-0.39, 0.29) is 18.1 Å². The molecule has 2 aromatic heterocycles. The fraction of sp³-hybridized carbons (Fsp3) is 0.130. The van der Waals surface area contributed by atoms with E-state index in [4.69, 9.17) is 27.9 Å². The van der Waals surface area contributed by atoms with E-state index in [1.807, 2.05) is 34.9 Å². The Morgan fingerprint density at radius 3 is 2.81 bits per heavy atom. The summed E-state index contributed by atoms with van der Waals surface area (Å²) in [5, 5.41) is 10.9. The second kappa shape index (κ2) is 10.2. The number of rotatable bonds is 9. The van der Waals surface area contributed by atoms with E-state index >= 15 is 0 Å². The van der Waals surface area contributed by atoms with Gasteiger partial charge in [0, 0.05) is 28.7 Å². The summed E-state index contributed by atoms with van der Waals surface area (Å²) in [6.07, 6.45) is 3.47. The van der Waals surface area contributed by atoms with Crippen LogP contribution in [0.4, 0.5) is 0 Å². The predicted molar refractivity (Wildman–Crippen MR) is 128 cm³/mol. The molecular weight excluding hydrogens is 467 g/mol. The van der Waals surface area contributed by atoms with Crippen molar-refractivity contribution in [1.82, 2.24) is 19.7 Å². The molecule has 162 valence electrons. The van der Waals surface area contributed by atoms with Crippen molar-refractivity contribution in [2.24, 2.45) is 0 Å². The number of Topliss-reactive ketones (excluding diaryl/α,β-unsaturated/α-hetero) is 1. The Morgan fingerprint density at radius 1 is 1.16 bits per heavy atom. The molecule has 0 fully saturated rings. The molecule has 0 aliphatic rings. The number of ketones is 1. The van der Waals surface area contributed by atoms with Crippen LogP contribution in [0.2, 0.25) is 10.0 Å². The van der Waals surface area contributed by atoms with E-state index in [9.17, 15) is 4.79 Å². The van der Waals surface area contributed by atoms with Gasteiger partial charge in [0.25, 0.3) is 0 Å². The van der Waals surface area contributed by atoms with Crippen LogP contribution in [-0.4, -0.2) is 31.3 Å². The van der Waals surface area contributed by atoms with Crippen LogP contribution in [0.15, 0.2) is 72.5 Å². The fourth-order valence-corrected chi connectivity index (χ4v) is 4.47. The zero-order chi connectivity index (χ0) is 22.5. The van der Waals surface area contributed by atoms with Crippen LogP contribution in [0.5, 0.6) is 5.75 Å². The number of hydrogen-bond acceptors (Lipinski definition) is 6. The Kier molecular flexibility index (Phi) is 7.09. The Labute approximate surface area is 199 Å². The molecule has 0 N–H and O–H groups in total. The van der Waals surface area contributed by atoms with Crippen molar-refractivity contribution in [2.45, 2.75) is 18.3 Å². The number of halogens is 2. The summed E-state index contributed by atoms with van der Waals surface area (Å²) in [5.74, 6) is 1.32. The van der Waals surface area contributed by atoms with Gasteiger partial charge < -0.3 is 4.74 Å². The van der Waals surface area contributed by atoms with Crippen LogP contribution >= 0.6 is 35.0 Å². The maximum atomic E-state index is 12.6. The largest absolute Gasteiger partial charge is 0.483 e. The molecule has 0 bridgehead atoms. The van der Waals surface area contributed by atoms with Gasteiger partial charge in [0.15, 0.2) is 16.8 Å². The molecule has 0 aliphatic carbocycles. The molecule has 9 heteroatoms. The van der Waals surface area contributed by atoms with Crippen LogP contribution in [0, 0.1) is 0 Å². The maximum absolute atomic E-state index is 12.6. The molecule has 32 heavy (non-hydrogen) atoms. The van der Waals surface area contributed by atoms with Gasteiger partial charge in [0.2, 0.25) is 0 Å². The molecule has 0 saturated carbocycles. The summed E-state index contributed by atoms with van der Waals surface area (Å²) in [6, 6.07) is 14.5. The number of thioether (sulfide) groups is 1. The Bertz CT molecular complexity index is 1290. The summed E-state index contributed by atoms with van der Waals surface area (Å²) in [6.45, 7) is 4.49. The highest BCUT2D eigenvalue weighted by atomic mass is 35.5. The normalized spacial score (nSPS) is 10.9. The van der Waals surface area contributed by atoms with E-state index in [1.54, 1.807) is 30.5 Å². The van der Waals surface area contributed by atoms with Crippen LogP contribution in [0.25, 0.3) is 10.9 Å². The predicted octanol–water partition coefficient (Wildman–Crippen LogP) is 5.87. The van der Waals surface area contributed by atoms with Crippen molar-refractivity contribution in [2.75, 3.05) is 5.75 Å². The maximum Gasteiger partial charge on any atom is 0.192 e. The van der Waals surface area contributed by atoms with Gasteiger partial charge in [0.1, 0.15) is 17.9 Å². The first-order valence-electron chi connectivity index (χ1n) is 9.67. The first-order chi connectivity index (χ1) is 15.6. The standard InChI is InChI=1S/C23H18Cl2N4O2S/c1-2-11-29-21(13-31-20-7-3-5-15-6-4-10-26-22(15)20)27-28-23(29)32-14-19(30)17-9-8-16(24)12-18(17)25/h2-10,12H,1,11,13-14H2. The van der Waals surface area contributed by atoms with Gasteiger partial charge in [-0.3, -0.25) is 14.3 Å². The van der Waals surface area contributed by atoms with Crippen molar-refractivity contribution in [3.63, 3.8) is 0 Å². The molecular formula is C23H18Cl2N4O2S. The highest BCUT2D eigenvalue weighted by Gasteiger charge is 2.17. The average molecular weight is 485 g/mol. The average Bonchev–Trinajstić information content (AvgIpc) is 3.17. The Hall–Kier alpha value is -2.87. The van der Waals surface area contributed by atoms with Crippen molar-refractivity contribution in [1.29, 1.82) is 0 Å². The molecule has 0 unspecified atom stereocenters. The number of fused-ring (bicyclic) bond motifs is 1. The molecule has 0 spiro atoms. The molecule has 2 heterocycles. The van der Waals surface area contributed by atoms with Crippen LogP contribution in [0.1, 0.15) is 16.2 Å². The van der Waals surface area contributed by atoms with Crippen molar-refractivity contribution < 1.29 is 9.53 Å². The van der Waals surface area contributed by atoms with Gasteiger partial charge in [-0.15, -0.1) is 16.8 Å². The van der Waals surface area contributed by atoms with Crippen molar-refractivity contribution >= 4 is 51.6 Å². The highest BCUT2D eigenvalue weighted by molar-refractivity contribution is 7.99. The summed E-state index contributed by atoms with van der Waals surface area (Å²) in [4.78, 5) is 17.0. The quantitative estimate of drug-likeness (QED) is 0.168. The van der Waals surface area contributed by atoms with Gasteiger partial charge in [0.05, 0.1) is 10.8 Å². The third kappa shape index (κ3) is 4.96. The Morgan fingerprint density at radius 2 is 2.00 bits per heavy atom. The molecule has 2 aromatic carbocycles. The van der Waals surface area contributed by atoms with Crippen LogP contribution < -0.4 is 4.74 Å². The topological polar surface area (TPSA) is 69.9 Å². The zero-order valence-electron chi connectivity index (χ0n) is 16.9. The molecule has 0 aliphatic heterocycles. The fourth-order valence-electron chi connectivity index (χ4n) is 3.10. The van der Waals surface area contributed by atoms with Crippen molar-refractivity contribution in [3.8, 4) is 5.75 Å². The highest BCUT2D eigenvalue weighted by Crippen LogP contribution is 2.26. The number of allylic oxidation sites excluding steroid dienone is 1. The molecule has 4 aromatic rings. The van der Waals surface area contributed by atoms with Crippen molar-refractivity contribution in [3.05, 3.63) is 88.8 Å². The summed E-state index contributed by atoms with van der Waals surface area (Å²) in [5.41, 5.74) is 1.20. The first kappa shape index (κ1) is 22.3. The third-order valence-corrected chi connectivity index (χ3v) is 6.14. The van der Waals surface area contributed by atoms with Gasteiger partial charge in [-0.25, -0.2) is 0 Å². The number of aromatic nitrogens is 4. The lowest BCUT2D eigenvalue weighted by atomic mass is 10.1. The summed E-state index contributed by atoms with van der Waals surface area (Å²) in [7, 11) is 0. The summed E-state index contributed by atoms with van der Waals surface area (Å²) < 4.78 is 7.87. The van der Waals surface area contributed by atoms with Gasteiger partial charge in [-0.1, -0.05) is 59.2 Å². The van der Waals surface area contributed by atoms with Gasteiger partial charge in [-0.2, -0.15) is 0 Å². The number of hydrogen-bond donors (Lipinski definition) is 0. The van der Waals surface area contributed by atoms with Gasteiger partial charge in [-0.05, 0) is 30.3 Å². The molecule has 0 radical (unpaired) electrons. The molecule has 0 atom stereocenters. The molecule has 6 nitrogen and oxygen atoms in total. The molecule has 0 saturated heterocycles. The van der Waals surface area contributed by atoms with Crippen LogP contribution in [0.3, 0.4) is 0 Å². The zero-order valence-corrected chi connectivity index (χ0v) is 19.2. The lowest BCUT2D eigenvalue weighted by Gasteiger charge is -2.10. The minimum absolute atomic E-state index is 0.121. The van der Waals surface area contributed by atoms with E-state index in [0.717, 1.165) is 10.9 Å². The second-order valence-electron chi connectivity index (χ2n) is 6.75. The number of benzene rings is 2. The number of carbonyl (C=O) groups excluding carboxylic acids is 1. The number of para-hydroxylation sites is 1. The monoisotopic (exact) mass is 484 g/mol. The van der Waals surface area contributed by atoms with Crippen LogP contribution in [-0.2, 0) is 13.2 Å². The number of pyridine rings is 1. The third-order valence-electron chi connectivity index (χ3n) is 4.62. The number of ether oxygens (including phenoxy) is 1.